The van der Waals surface area contributed by atoms with Crippen molar-refractivity contribution in [1.82, 2.24) is 10.6 Å². The van der Waals surface area contributed by atoms with Crippen LogP contribution in [-0.4, -0.2) is 28.5 Å². The van der Waals surface area contributed by atoms with E-state index in [0.717, 1.165) is 20.8 Å². The van der Waals surface area contributed by atoms with Crippen molar-refractivity contribution in [2.24, 2.45) is 5.84 Å². The summed E-state index contributed by atoms with van der Waals surface area (Å²) in [5.41, 5.74) is 0. The normalized spacial score (nSPS) is 10.0. The van der Waals surface area contributed by atoms with Gasteiger partial charge in [0.15, 0.2) is 5.34 Å². The van der Waals surface area contributed by atoms with E-state index in [2.05, 4.69) is 14.5 Å². The second kappa shape index (κ2) is 5.90. The van der Waals surface area contributed by atoms with Gasteiger partial charge in [-0.2, -0.15) is 0 Å². The monoisotopic (exact) mass is 221 g/mol. The van der Waals surface area contributed by atoms with Gasteiger partial charge in [-0.25, -0.2) is 5.84 Å². The van der Waals surface area contributed by atoms with Crippen molar-refractivity contribution in [3.8, 4) is 0 Å². The SMILES string of the molecule is CC(=O)ON(N)N(OC(C)=O)OC(C)=O. The van der Waals surface area contributed by atoms with Gasteiger partial charge in [0.05, 0.1) is 5.28 Å². The summed E-state index contributed by atoms with van der Waals surface area (Å²) < 4.78 is 0. The Kier molecular flexibility index (Phi) is 5.23. The number of hydrogen-bond acceptors (Lipinski definition) is 9. The molecule has 86 valence electrons. The van der Waals surface area contributed by atoms with Crippen LogP contribution in [-0.2, 0) is 28.9 Å². The maximum Gasteiger partial charge on any atom is 0.327 e. The first kappa shape index (κ1) is 13.3. The highest BCUT2D eigenvalue weighted by molar-refractivity contribution is 5.67. The van der Waals surface area contributed by atoms with Gasteiger partial charge in [0.25, 0.3) is 0 Å². The van der Waals surface area contributed by atoms with Crippen LogP contribution in [0.15, 0.2) is 0 Å². The van der Waals surface area contributed by atoms with Gasteiger partial charge in [0.2, 0.25) is 0 Å². The van der Waals surface area contributed by atoms with Crippen LogP contribution in [0.1, 0.15) is 20.8 Å². The lowest BCUT2D eigenvalue weighted by Crippen LogP contribution is -2.49. The van der Waals surface area contributed by atoms with Crippen LogP contribution in [0.4, 0.5) is 0 Å². The van der Waals surface area contributed by atoms with E-state index in [1.54, 1.807) is 0 Å². The average molecular weight is 221 g/mol. The Morgan fingerprint density at radius 2 is 1.20 bits per heavy atom. The first-order valence-electron chi connectivity index (χ1n) is 3.73. The molecule has 9 nitrogen and oxygen atoms in total. The highest BCUT2D eigenvalue weighted by atomic mass is 17.1. The molecule has 0 amide bonds. The molecule has 0 rings (SSSR count). The summed E-state index contributed by atoms with van der Waals surface area (Å²) in [6.07, 6.45) is 0. The predicted octanol–water partition coefficient (Wildman–Crippen LogP) is -1.19. The summed E-state index contributed by atoms with van der Waals surface area (Å²) in [6, 6.07) is 0. The van der Waals surface area contributed by atoms with Gasteiger partial charge in [-0.3, -0.25) is 14.4 Å². The van der Waals surface area contributed by atoms with Crippen LogP contribution in [0, 0.1) is 0 Å². The van der Waals surface area contributed by atoms with Gasteiger partial charge in [-0.1, -0.05) is 0 Å². The van der Waals surface area contributed by atoms with E-state index < -0.39 is 17.9 Å². The molecule has 0 spiro atoms. The first-order chi connectivity index (χ1) is 6.82. The number of nitrogens with two attached hydrogens (primary N) is 1. The summed E-state index contributed by atoms with van der Waals surface area (Å²) in [6.45, 7) is 3.13. The number of hydrazine groups is 2. The van der Waals surface area contributed by atoms with Crippen molar-refractivity contribution >= 4 is 17.9 Å². The molecule has 0 bridgehead atoms. The maximum atomic E-state index is 10.5. The third kappa shape index (κ3) is 6.37. The molecule has 2 N–H and O–H groups in total. The quantitative estimate of drug-likeness (QED) is 0.462. The molecule has 0 radical (unpaired) electrons. The van der Waals surface area contributed by atoms with E-state index in [9.17, 15) is 14.4 Å². The van der Waals surface area contributed by atoms with Crippen molar-refractivity contribution < 1.29 is 28.9 Å². The minimum absolute atomic E-state index is 0.131. The van der Waals surface area contributed by atoms with Crippen molar-refractivity contribution in [2.75, 3.05) is 0 Å². The third-order valence-corrected chi connectivity index (χ3v) is 0.796. The zero-order chi connectivity index (χ0) is 12.0. The summed E-state index contributed by atoms with van der Waals surface area (Å²) in [5.74, 6) is 2.65. The Hall–Kier alpha value is -1.71. The number of carbonyl (C=O) groups excluding carboxylic acids is 3. The molecule has 0 aliphatic rings. The van der Waals surface area contributed by atoms with Crippen LogP contribution in [0.2, 0.25) is 0 Å². The largest absolute Gasteiger partial charge is 0.332 e. The zero-order valence-electron chi connectivity index (χ0n) is 8.42. The fourth-order valence-corrected chi connectivity index (χ4v) is 0.484. The molecule has 0 aromatic heterocycles. The molecule has 0 saturated heterocycles. The van der Waals surface area contributed by atoms with E-state index in [1.165, 1.54) is 0 Å². The molecule has 0 atom stereocenters. The summed E-state index contributed by atoms with van der Waals surface area (Å²) in [4.78, 5) is 44.4. The Morgan fingerprint density at radius 3 is 1.47 bits per heavy atom. The van der Waals surface area contributed by atoms with Crippen LogP contribution in [0.3, 0.4) is 0 Å². The number of nitrogens with zero attached hydrogens (tertiary/aromatic N) is 2. The Morgan fingerprint density at radius 1 is 0.867 bits per heavy atom. The molecule has 0 heterocycles. The van der Waals surface area contributed by atoms with Gasteiger partial charge in [0.1, 0.15) is 0 Å². The summed E-state index contributed by atoms with van der Waals surface area (Å²) in [5, 5.41) is 0.289. The third-order valence-electron chi connectivity index (χ3n) is 0.796. The van der Waals surface area contributed by atoms with Crippen LogP contribution < -0.4 is 5.84 Å². The van der Waals surface area contributed by atoms with Crippen molar-refractivity contribution in [3.63, 3.8) is 0 Å². The van der Waals surface area contributed by atoms with Crippen molar-refractivity contribution in [2.45, 2.75) is 20.8 Å². The fraction of sp³-hybridized carbons (Fsp3) is 0.500. The van der Waals surface area contributed by atoms with E-state index >= 15 is 0 Å². The van der Waals surface area contributed by atoms with Gasteiger partial charge in [-0.05, 0) is 0 Å². The van der Waals surface area contributed by atoms with Crippen LogP contribution >= 0.6 is 0 Å². The molecule has 0 aromatic rings. The second-order valence-corrected chi connectivity index (χ2v) is 2.29. The van der Waals surface area contributed by atoms with Crippen LogP contribution in [0.5, 0.6) is 0 Å². The van der Waals surface area contributed by atoms with Gasteiger partial charge >= 0.3 is 17.9 Å². The van der Waals surface area contributed by atoms with Crippen molar-refractivity contribution in [1.29, 1.82) is 0 Å². The van der Waals surface area contributed by atoms with Crippen LogP contribution in [0.25, 0.3) is 0 Å². The number of carbonyl (C=O) groups is 3. The molecular weight excluding hydrogens is 210 g/mol. The first-order valence-corrected chi connectivity index (χ1v) is 3.73. The number of rotatable bonds is 4. The smallest absolute Gasteiger partial charge is 0.327 e. The minimum atomic E-state index is -0.821. The summed E-state index contributed by atoms with van der Waals surface area (Å²) in [7, 11) is 0. The minimum Gasteiger partial charge on any atom is -0.332 e. The molecular formula is C6H11N3O6. The van der Waals surface area contributed by atoms with E-state index in [-0.39, 0.29) is 10.6 Å². The van der Waals surface area contributed by atoms with Gasteiger partial charge in [-0.15, -0.1) is 0 Å². The molecule has 0 aliphatic heterocycles. The summed E-state index contributed by atoms with van der Waals surface area (Å²) >= 11 is 0. The molecule has 0 aliphatic carbocycles. The van der Waals surface area contributed by atoms with E-state index in [0.29, 0.717) is 0 Å². The zero-order valence-corrected chi connectivity index (χ0v) is 8.42. The van der Waals surface area contributed by atoms with Gasteiger partial charge < -0.3 is 14.5 Å². The maximum absolute atomic E-state index is 10.5. The lowest BCUT2D eigenvalue weighted by molar-refractivity contribution is -0.487. The van der Waals surface area contributed by atoms with E-state index in [1.807, 2.05) is 0 Å². The Bertz CT molecular complexity index is 252. The number of hydrogen-bond donors (Lipinski definition) is 1. The molecule has 0 unspecified atom stereocenters. The molecule has 15 heavy (non-hydrogen) atoms. The molecule has 0 saturated carbocycles. The molecule has 9 heteroatoms. The predicted molar refractivity (Wildman–Crippen MR) is 43.2 cm³/mol. The Balaban J connectivity index is 4.38. The lowest BCUT2D eigenvalue weighted by Gasteiger charge is -2.23. The van der Waals surface area contributed by atoms with Gasteiger partial charge in [0, 0.05) is 20.8 Å². The highest BCUT2D eigenvalue weighted by Gasteiger charge is 2.22. The standard InChI is InChI=1S/C6H11N3O6/c1-4(10)13-8(7)9(14-5(2)11)15-6(3)12/h7H2,1-3H3. The van der Waals surface area contributed by atoms with E-state index in [4.69, 9.17) is 5.84 Å². The average Bonchev–Trinajstić information content (AvgIpc) is 1.99. The molecule has 0 fully saturated rings. The van der Waals surface area contributed by atoms with Crippen molar-refractivity contribution in [3.05, 3.63) is 0 Å². The highest BCUT2D eigenvalue weighted by Crippen LogP contribution is 1.98. The Labute approximate surface area is 85.1 Å². The fourth-order valence-electron chi connectivity index (χ4n) is 0.484. The lowest BCUT2D eigenvalue weighted by atomic mass is 10.8. The topological polar surface area (TPSA) is 111 Å². The second-order valence-electron chi connectivity index (χ2n) is 2.29. The molecule has 0 aromatic carbocycles.